The molecule has 0 radical (unpaired) electrons. The summed E-state index contributed by atoms with van der Waals surface area (Å²) in [6.07, 6.45) is 50.8. The van der Waals surface area contributed by atoms with E-state index in [4.69, 9.17) is 0 Å². The van der Waals surface area contributed by atoms with E-state index in [0.717, 1.165) is 0 Å². The summed E-state index contributed by atoms with van der Waals surface area (Å²) < 4.78 is 0. The van der Waals surface area contributed by atoms with Crippen molar-refractivity contribution < 1.29 is 0 Å². The summed E-state index contributed by atoms with van der Waals surface area (Å²) in [5.74, 6) is 0. The maximum Gasteiger partial charge on any atom is 0.00159 e. The monoisotopic (exact) mass is 576 g/mol. The molecule has 1 heteroatoms. The molecule has 246 valence electrons. The Morgan fingerprint density at radius 1 is 0.268 bits per heavy atom. The van der Waals surface area contributed by atoms with Crippen molar-refractivity contribution in [3.05, 3.63) is 12.2 Å². The summed E-state index contributed by atoms with van der Waals surface area (Å²) in [5.41, 5.74) is 0. The Hall–Kier alpha value is -0.300. The average molecular weight is 576 g/mol. The van der Waals surface area contributed by atoms with Gasteiger partial charge in [-0.15, -0.1) is 0 Å². The Morgan fingerprint density at radius 2 is 0.537 bits per heavy atom. The number of rotatable bonds is 36. The molecule has 0 aromatic carbocycles. The van der Waals surface area contributed by atoms with Crippen LogP contribution < -0.4 is 0 Å². The molecule has 0 N–H and O–H groups in total. The summed E-state index contributed by atoms with van der Waals surface area (Å²) in [4.78, 5) is 2.81. The fourth-order valence-corrected chi connectivity index (χ4v) is 6.22. The molecule has 0 saturated carbocycles. The summed E-state index contributed by atoms with van der Waals surface area (Å²) in [6.45, 7) is 10.9. The molecule has 0 aliphatic carbocycles. The summed E-state index contributed by atoms with van der Waals surface area (Å²) >= 11 is 0. The van der Waals surface area contributed by atoms with Crippen molar-refractivity contribution in [1.29, 1.82) is 0 Å². The van der Waals surface area contributed by atoms with Crippen molar-refractivity contribution in [1.82, 2.24) is 4.90 Å². The Morgan fingerprint density at radius 3 is 0.878 bits per heavy atom. The number of allylic oxidation sites excluding steroid dienone is 1. The van der Waals surface area contributed by atoms with Gasteiger partial charge in [0.2, 0.25) is 0 Å². The highest BCUT2D eigenvalue weighted by atomic mass is 15.1. The van der Waals surface area contributed by atoms with Crippen LogP contribution in [0, 0.1) is 0 Å². The normalized spacial score (nSPS) is 11.9. The van der Waals surface area contributed by atoms with Gasteiger partial charge in [0.25, 0.3) is 0 Å². The molecular weight excluding hydrogens is 494 g/mol. The van der Waals surface area contributed by atoms with E-state index in [1.165, 1.54) is 225 Å². The first-order chi connectivity index (χ1) is 20.3. The molecule has 0 unspecified atom stereocenters. The summed E-state index contributed by atoms with van der Waals surface area (Å²) in [6, 6.07) is 0. The minimum Gasteiger partial charge on any atom is -0.303 e. The number of hydrogen-bond acceptors (Lipinski definition) is 1. The van der Waals surface area contributed by atoms with E-state index in [1.807, 2.05) is 0 Å². The van der Waals surface area contributed by atoms with Crippen molar-refractivity contribution in [2.75, 3.05) is 19.6 Å². The maximum absolute atomic E-state index is 2.81. The van der Waals surface area contributed by atoms with Gasteiger partial charge in [0.05, 0.1) is 0 Å². The molecule has 0 spiro atoms. The average Bonchev–Trinajstić information content (AvgIpc) is 2.98. The van der Waals surface area contributed by atoms with Crippen LogP contribution >= 0.6 is 0 Å². The lowest BCUT2D eigenvalue weighted by atomic mass is 10.1. The van der Waals surface area contributed by atoms with E-state index in [2.05, 4.69) is 37.8 Å². The highest BCUT2D eigenvalue weighted by molar-refractivity contribution is 4.82. The Balaban J connectivity index is 3.94. The highest BCUT2D eigenvalue weighted by Crippen LogP contribution is 2.14. The standard InChI is InChI=1S/C40H81N/c1-4-7-10-13-16-19-22-23-24-25-28-31-34-37-40-41(38-35-32-29-26-20-17-14-11-8-5-2)39-36-33-30-27-21-18-15-12-9-6-3/h31,34H,4-30,32-33,35-40H2,1-3H3/b34-31-. The van der Waals surface area contributed by atoms with Crippen molar-refractivity contribution in [2.45, 2.75) is 226 Å². The predicted octanol–water partition coefficient (Wildman–Crippen LogP) is 14.4. The van der Waals surface area contributed by atoms with Crippen LogP contribution in [0.4, 0.5) is 0 Å². The van der Waals surface area contributed by atoms with E-state index in [0.29, 0.717) is 0 Å². The van der Waals surface area contributed by atoms with Gasteiger partial charge < -0.3 is 4.90 Å². The molecule has 0 atom stereocenters. The summed E-state index contributed by atoms with van der Waals surface area (Å²) in [7, 11) is 0. The van der Waals surface area contributed by atoms with Crippen LogP contribution in [-0.4, -0.2) is 24.5 Å². The molecule has 1 nitrogen and oxygen atoms in total. The minimum atomic E-state index is 1.26. The molecule has 0 rings (SSSR count). The largest absolute Gasteiger partial charge is 0.303 e. The van der Waals surface area contributed by atoms with E-state index in [1.54, 1.807) is 0 Å². The van der Waals surface area contributed by atoms with Crippen LogP contribution in [0.25, 0.3) is 0 Å². The maximum atomic E-state index is 2.81. The van der Waals surface area contributed by atoms with E-state index >= 15 is 0 Å². The highest BCUT2D eigenvalue weighted by Gasteiger charge is 2.04. The van der Waals surface area contributed by atoms with E-state index < -0.39 is 0 Å². The van der Waals surface area contributed by atoms with Crippen LogP contribution in [0.15, 0.2) is 12.2 Å². The smallest absolute Gasteiger partial charge is 0.00159 e. The number of nitrogens with zero attached hydrogens (tertiary/aromatic N) is 1. The van der Waals surface area contributed by atoms with E-state index in [-0.39, 0.29) is 0 Å². The van der Waals surface area contributed by atoms with Gasteiger partial charge in [-0.05, 0) is 45.2 Å². The molecule has 41 heavy (non-hydrogen) atoms. The van der Waals surface area contributed by atoms with Gasteiger partial charge in [-0.25, -0.2) is 0 Å². The van der Waals surface area contributed by atoms with Crippen LogP contribution in [0.3, 0.4) is 0 Å². The molecule has 0 aromatic heterocycles. The number of unbranched alkanes of at least 4 members (excludes halogenated alkanes) is 28. The van der Waals surface area contributed by atoms with Gasteiger partial charge in [-0.1, -0.05) is 206 Å². The quantitative estimate of drug-likeness (QED) is 0.0530. The Kier molecular flexibility index (Phi) is 37.4. The zero-order chi connectivity index (χ0) is 29.7. The molecule has 0 aliphatic heterocycles. The Labute approximate surface area is 262 Å². The Bertz CT molecular complexity index is 445. The molecule has 0 aromatic rings. The van der Waals surface area contributed by atoms with Gasteiger partial charge in [-0.3, -0.25) is 0 Å². The van der Waals surface area contributed by atoms with Crippen LogP contribution in [0.5, 0.6) is 0 Å². The van der Waals surface area contributed by atoms with Crippen molar-refractivity contribution in [2.24, 2.45) is 0 Å². The fourth-order valence-electron chi connectivity index (χ4n) is 6.22. The molecule has 0 aliphatic rings. The predicted molar refractivity (Wildman–Crippen MR) is 190 cm³/mol. The van der Waals surface area contributed by atoms with Gasteiger partial charge in [0.1, 0.15) is 0 Å². The van der Waals surface area contributed by atoms with Crippen LogP contribution in [-0.2, 0) is 0 Å². The molecular formula is C40H81N. The molecule has 0 fully saturated rings. The van der Waals surface area contributed by atoms with Gasteiger partial charge in [0.15, 0.2) is 0 Å². The third kappa shape index (κ3) is 35.8. The molecule has 0 saturated heterocycles. The van der Waals surface area contributed by atoms with Gasteiger partial charge in [-0.2, -0.15) is 0 Å². The minimum absolute atomic E-state index is 1.26. The van der Waals surface area contributed by atoms with Crippen molar-refractivity contribution in [3.8, 4) is 0 Å². The first kappa shape index (κ1) is 40.7. The van der Waals surface area contributed by atoms with Crippen molar-refractivity contribution in [3.63, 3.8) is 0 Å². The second kappa shape index (κ2) is 37.7. The second-order valence-electron chi connectivity index (χ2n) is 13.4. The fraction of sp³-hybridized carbons (Fsp3) is 0.950. The SMILES string of the molecule is CCCCCCCCCCCC/C=C\CCN(CCCCCCCCCCCC)CCCCCCCCCCCC. The van der Waals surface area contributed by atoms with E-state index in [9.17, 15) is 0 Å². The van der Waals surface area contributed by atoms with Gasteiger partial charge >= 0.3 is 0 Å². The van der Waals surface area contributed by atoms with Crippen LogP contribution in [0.2, 0.25) is 0 Å². The lowest BCUT2D eigenvalue weighted by Gasteiger charge is -2.21. The zero-order valence-electron chi connectivity index (χ0n) is 29.4. The van der Waals surface area contributed by atoms with Crippen LogP contribution in [0.1, 0.15) is 226 Å². The van der Waals surface area contributed by atoms with Gasteiger partial charge in [0, 0.05) is 6.54 Å². The first-order valence-corrected chi connectivity index (χ1v) is 19.7. The third-order valence-electron chi connectivity index (χ3n) is 9.16. The third-order valence-corrected chi connectivity index (χ3v) is 9.16. The molecule has 0 heterocycles. The number of hydrogen-bond donors (Lipinski definition) is 0. The lowest BCUT2D eigenvalue weighted by Crippen LogP contribution is -2.27. The zero-order valence-corrected chi connectivity index (χ0v) is 29.4. The second-order valence-corrected chi connectivity index (χ2v) is 13.4. The molecule has 0 bridgehead atoms. The molecule has 0 amide bonds. The van der Waals surface area contributed by atoms with Crippen molar-refractivity contribution >= 4 is 0 Å². The topological polar surface area (TPSA) is 3.24 Å². The lowest BCUT2D eigenvalue weighted by molar-refractivity contribution is 0.264. The summed E-state index contributed by atoms with van der Waals surface area (Å²) in [5, 5.41) is 0. The first-order valence-electron chi connectivity index (χ1n) is 19.7.